The molecule has 0 aliphatic carbocycles. The fraction of sp³-hybridized carbons (Fsp3) is 0.556. The van der Waals surface area contributed by atoms with E-state index >= 15 is 0 Å². The standard InChI is InChI=1S/C9H17N/c1-4-9(10)7-5-6-8(2)3/h5-8H,4,10H2,1-3H3/b6-5-,9-7+. The van der Waals surface area contributed by atoms with Crippen molar-refractivity contribution in [1.29, 1.82) is 0 Å². The lowest BCUT2D eigenvalue weighted by Crippen LogP contribution is -1.92. The predicted molar refractivity (Wildman–Crippen MR) is 46.5 cm³/mol. The van der Waals surface area contributed by atoms with Crippen LogP contribution in [-0.4, -0.2) is 0 Å². The quantitative estimate of drug-likeness (QED) is 0.597. The number of hydrogen-bond donors (Lipinski definition) is 1. The average molecular weight is 139 g/mol. The van der Waals surface area contributed by atoms with E-state index in [1.807, 2.05) is 12.2 Å². The van der Waals surface area contributed by atoms with Gasteiger partial charge in [0.05, 0.1) is 0 Å². The summed E-state index contributed by atoms with van der Waals surface area (Å²) in [6, 6.07) is 0. The molecule has 2 N–H and O–H groups in total. The first kappa shape index (κ1) is 9.28. The van der Waals surface area contributed by atoms with Crippen molar-refractivity contribution in [2.24, 2.45) is 11.7 Å². The summed E-state index contributed by atoms with van der Waals surface area (Å²) in [5.41, 5.74) is 6.51. The van der Waals surface area contributed by atoms with Gasteiger partial charge in [-0.05, 0) is 18.4 Å². The summed E-state index contributed by atoms with van der Waals surface area (Å²) in [5.74, 6) is 0.612. The molecule has 0 amide bonds. The molecule has 0 saturated carbocycles. The van der Waals surface area contributed by atoms with Gasteiger partial charge in [-0.2, -0.15) is 0 Å². The second-order valence-corrected chi connectivity index (χ2v) is 2.72. The van der Waals surface area contributed by atoms with E-state index in [0.29, 0.717) is 5.92 Å². The van der Waals surface area contributed by atoms with E-state index in [1.54, 1.807) is 0 Å². The molecule has 0 heterocycles. The van der Waals surface area contributed by atoms with Crippen molar-refractivity contribution in [2.45, 2.75) is 27.2 Å². The summed E-state index contributed by atoms with van der Waals surface area (Å²) in [6.45, 7) is 6.34. The van der Waals surface area contributed by atoms with Gasteiger partial charge in [-0.1, -0.05) is 32.9 Å². The predicted octanol–water partition coefficient (Wildman–Crippen LogP) is 2.45. The molecular weight excluding hydrogens is 122 g/mol. The Morgan fingerprint density at radius 3 is 2.50 bits per heavy atom. The van der Waals surface area contributed by atoms with Crippen LogP contribution in [-0.2, 0) is 0 Å². The lowest BCUT2D eigenvalue weighted by Gasteiger charge is -1.92. The zero-order valence-corrected chi connectivity index (χ0v) is 7.09. The molecule has 0 aliphatic heterocycles. The molecule has 0 aliphatic rings. The first-order chi connectivity index (χ1) is 4.66. The number of allylic oxidation sites excluding steroid dienone is 4. The molecule has 0 saturated heterocycles. The molecule has 0 radical (unpaired) electrons. The van der Waals surface area contributed by atoms with E-state index in [9.17, 15) is 0 Å². The lowest BCUT2D eigenvalue weighted by atomic mass is 10.2. The monoisotopic (exact) mass is 139 g/mol. The summed E-state index contributed by atoms with van der Waals surface area (Å²) >= 11 is 0. The summed E-state index contributed by atoms with van der Waals surface area (Å²) < 4.78 is 0. The molecule has 0 aromatic rings. The van der Waals surface area contributed by atoms with Crippen LogP contribution >= 0.6 is 0 Å². The lowest BCUT2D eigenvalue weighted by molar-refractivity contribution is 0.831. The van der Waals surface area contributed by atoms with Crippen LogP contribution in [0.5, 0.6) is 0 Å². The fourth-order valence-electron chi connectivity index (χ4n) is 0.519. The minimum atomic E-state index is 0.612. The van der Waals surface area contributed by atoms with E-state index in [-0.39, 0.29) is 0 Å². The summed E-state index contributed by atoms with van der Waals surface area (Å²) in [6.07, 6.45) is 7.04. The largest absolute Gasteiger partial charge is 0.402 e. The Hall–Kier alpha value is -0.720. The van der Waals surface area contributed by atoms with Crippen LogP contribution in [0.4, 0.5) is 0 Å². The van der Waals surface area contributed by atoms with Crippen LogP contribution in [0.3, 0.4) is 0 Å². The summed E-state index contributed by atoms with van der Waals surface area (Å²) in [4.78, 5) is 0. The zero-order valence-electron chi connectivity index (χ0n) is 7.09. The Labute approximate surface area is 63.6 Å². The summed E-state index contributed by atoms with van der Waals surface area (Å²) in [7, 11) is 0. The van der Waals surface area contributed by atoms with E-state index in [2.05, 4.69) is 26.8 Å². The van der Waals surface area contributed by atoms with Gasteiger partial charge < -0.3 is 5.73 Å². The molecule has 0 unspecified atom stereocenters. The molecule has 0 spiro atoms. The summed E-state index contributed by atoms with van der Waals surface area (Å²) in [5, 5.41) is 0. The minimum Gasteiger partial charge on any atom is -0.402 e. The van der Waals surface area contributed by atoms with E-state index in [0.717, 1.165) is 12.1 Å². The second-order valence-electron chi connectivity index (χ2n) is 2.72. The van der Waals surface area contributed by atoms with Gasteiger partial charge in [0.15, 0.2) is 0 Å². The number of hydrogen-bond acceptors (Lipinski definition) is 1. The molecule has 1 nitrogen and oxygen atoms in total. The maximum Gasteiger partial charge on any atom is 0.00775 e. The van der Waals surface area contributed by atoms with Crippen molar-refractivity contribution in [3.63, 3.8) is 0 Å². The van der Waals surface area contributed by atoms with Crippen LogP contribution in [0.2, 0.25) is 0 Å². The van der Waals surface area contributed by atoms with Gasteiger partial charge in [0, 0.05) is 5.70 Å². The Bertz CT molecular complexity index is 132. The van der Waals surface area contributed by atoms with Crippen molar-refractivity contribution >= 4 is 0 Å². The third kappa shape index (κ3) is 5.42. The first-order valence-electron chi connectivity index (χ1n) is 3.79. The topological polar surface area (TPSA) is 26.0 Å². The van der Waals surface area contributed by atoms with Crippen molar-refractivity contribution in [1.82, 2.24) is 0 Å². The normalized spacial score (nSPS) is 13.4. The Balaban J connectivity index is 3.70. The molecule has 0 rings (SSSR count). The van der Waals surface area contributed by atoms with Gasteiger partial charge in [0.1, 0.15) is 0 Å². The second kappa shape index (κ2) is 5.10. The molecule has 0 bridgehead atoms. The molecule has 0 fully saturated rings. The van der Waals surface area contributed by atoms with E-state index in [1.165, 1.54) is 0 Å². The van der Waals surface area contributed by atoms with Crippen LogP contribution < -0.4 is 5.73 Å². The van der Waals surface area contributed by atoms with Crippen molar-refractivity contribution in [3.05, 3.63) is 23.9 Å². The van der Waals surface area contributed by atoms with Crippen molar-refractivity contribution < 1.29 is 0 Å². The van der Waals surface area contributed by atoms with Crippen LogP contribution in [0.1, 0.15) is 27.2 Å². The molecule has 0 atom stereocenters. The highest BCUT2D eigenvalue weighted by Gasteiger charge is 1.81. The van der Waals surface area contributed by atoms with Gasteiger partial charge in [0.2, 0.25) is 0 Å². The van der Waals surface area contributed by atoms with Crippen LogP contribution in [0.15, 0.2) is 23.9 Å². The smallest absolute Gasteiger partial charge is 0.00775 e. The Morgan fingerprint density at radius 2 is 2.10 bits per heavy atom. The Morgan fingerprint density at radius 1 is 1.50 bits per heavy atom. The third-order valence-electron chi connectivity index (χ3n) is 1.21. The maximum absolute atomic E-state index is 5.57. The fourth-order valence-corrected chi connectivity index (χ4v) is 0.519. The van der Waals surface area contributed by atoms with Gasteiger partial charge in [-0.25, -0.2) is 0 Å². The number of rotatable bonds is 3. The highest BCUT2D eigenvalue weighted by atomic mass is 14.6. The Kier molecular flexibility index (Phi) is 4.73. The molecule has 10 heavy (non-hydrogen) atoms. The van der Waals surface area contributed by atoms with Crippen LogP contribution in [0.25, 0.3) is 0 Å². The molecule has 1 heteroatoms. The third-order valence-corrected chi connectivity index (χ3v) is 1.21. The molecule has 0 aromatic heterocycles. The van der Waals surface area contributed by atoms with E-state index in [4.69, 9.17) is 5.73 Å². The first-order valence-corrected chi connectivity index (χ1v) is 3.79. The highest BCUT2D eigenvalue weighted by molar-refractivity contribution is 5.09. The highest BCUT2D eigenvalue weighted by Crippen LogP contribution is 1.96. The van der Waals surface area contributed by atoms with Gasteiger partial charge in [0.25, 0.3) is 0 Å². The van der Waals surface area contributed by atoms with Crippen molar-refractivity contribution in [2.75, 3.05) is 0 Å². The molecule has 58 valence electrons. The van der Waals surface area contributed by atoms with Gasteiger partial charge in [-0.3, -0.25) is 0 Å². The van der Waals surface area contributed by atoms with Crippen LogP contribution in [0, 0.1) is 5.92 Å². The molecule has 0 aromatic carbocycles. The zero-order chi connectivity index (χ0) is 7.98. The van der Waals surface area contributed by atoms with Gasteiger partial charge >= 0.3 is 0 Å². The maximum atomic E-state index is 5.57. The van der Waals surface area contributed by atoms with Gasteiger partial charge in [-0.15, -0.1) is 0 Å². The SMILES string of the molecule is CC/C(N)=C\C=C/C(C)C. The average Bonchev–Trinajstić information content (AvgIpc) is 1.87. The number of nitrogens with two attached hydrogens (primary N) is 1. The van der Waals surface area contributed by atoms with E-state index < -0.39 is 0 Å². The van der Waals surface area contributed by atoms with Crippen molar-refractivity contribution in [3.8, 4) is 0 Å². The molecular formula is C9H17N. The minimum absolute atomic E-state index is 0.612.